The lowest BCUT2D eigenvalue weighted by Crippen LogP contribution is -2.68. The number of piperidine rings is 1. The molecule has 1 aromatic heterocycles. The first-order valence-corrected chi connectivity index (χ1v) is 16.8. The van der Waals surface area contributed by atoms with Crippen molar-refractivity contribution in [3.8, 4) is 11.9 Å². The molecular weight excluding hydrogens is 581 g/mol. The summed E-state index contributed by atoms with van der Waals surface area (Å²) in [6, 6.07) is 18.9. The first-order valence-electron chi connectivity index (χ1n) is 16.8. The first kappa shape index (κ1) is 33.8. The van der Waals surface area contributed by atoms with Gasteiger partial charge in [0.15, 0.2) is 5.60 Å². The highest BCUT2D eigenvalue weighted by Crippen LogP contribution is 2.40. The Morgan fingerprint density at radius 1 is 1.17 bits per heavy atom. The number of carbonyl (C=O) groups is 1. The van der Waals surface area contributed by atoms with Crippen molar-refractivity contribution < 1.29 is 23.5 Å². The van der Waals surface area contributed by atoms with Gasteiger partial charge in [0.25, 0.3) is 5.91 Å². The number of halogens is 1. The number of nitriles is 1. The van der Waals surface area contributed by atoms with E-state index in [-0.39, 0.29) is 24.2 Å². The molecule has 0 bridgehead atoms. The molecule has 3 atom stereocenters. The molecular formula is C37H49FN5O3+. The van der Waals surface area contributed by atoms with Crippen LogP contribution in [0.2, 0.25) is 0 Å². The highest BCUT2D eigenvalue weighted by molar-refractivity contribution is 5.87. The third kappa shape index (κ3) is 7.05. The quantitative estimate of drug-likeness (QED) is 0.269. The molecule has 0 radical (unpaired) electrons. The lowest BCUT2D eigenvalue weighted by Gasteiger charge is -2.49. The van der Waals surface area contributed by atoms with Crippen molar-refractivity contribution in [1.82, 2.24) is 9.88 Å². The maximum Gasteiger partial charge on any atom is 0.255 e. The second kappa shape index (κ2) is 14.0. The second-order valence-corrected chi connectivity index (χ2v) is 14.0. The van der Waals surface area contributed by atoms with E-state index in [2.05, 4.69) is 30.0 Å². The average molecular weight is 631 g/mol. The standard InChI is InChI=1S/C37H48FN5O3/c1-4-5-11-29-23-28-10-6-7-12-30(28)34(41-29)46-22-21-43(2,3)33-16-15-27(24-37(33,45)35(40)44)25-42-19-17-36(26-39,18-20-42)31-13-8-9-14-32(31)38/h6-10,12-14,23,27,33,45H,4-5,11,15-22,24-25H2,1-3H3,(H-,40,44)/p+1/t27?,33-,37-/m0/s1. The SMILES string of the molecule is CCCCc1cc2ccccc2c(OCC[N+](C)(C)[C@H]2CCC(CN3CCC(C#N)(c4ccccc4F)CC3)C[C@@]2(O)C(N)=O)n1. The molecule has 246 valence electrons. The predicted octanol–water partition coefficient (Wildman–Crippen LogP) is 5.11. The molecule has 46 heavy (non-hydrogen) atoms. The third-order valence-corrected chi connectivity index (χ3v) is 10.6. The number of fused-ring (bicyclic) bond motifs is 1. The van der Waals surface area contributed by atoms with Gasteiger partial charge in [-0.2, -0.15) is 5.26 Å². The summed E-state index contributed by atoms with van der Waals surface area (Å²) in [7, 11) is 4.06. The van der Waals surface area contributed by atoms with Crippen LogP contribution in [0.3, 0.4) is 0 Å². The highest BCUT2D eigenvalue weighted by Gasteiger charge is 2.55. The van der Waals surface area contributed by atoms with E-state index in [1.165, 1.54) is 6.07 Å². The summed E-state index contributed by atoms with van der Waals surface area (Å²) in [5, 5.41) is 24.0. The minimum Gasteiger partial charge on any atom is -0.471 e. The lowest BCUT2D eigenvalue weighted by atomic mass is 9.71. The normalized spacial score (nSPS) is 23.6. The molecule has 3 N–H and O–H groups in total. The third-order valence-electron chi connectivity index (χ3n) is 10.6. The van der Waals surface area contributed by atoms with Gasteiger partial charge in [0.05, 0.1) is 25.6 Å². The van der Waals surface area contributed by atoms with Crippen LogP contribution in [0.5, 0.6) is 5.88 Å². The number of rotatable bonds is 12. The smallest absolute Gasteiger partial charge is 0.255 e. The Bertz CT molecular complexity index is 1560. The number of ether oxygens (including phenoxy) is 1. The summed E-state index contributed by atoms with van der Waals surface area (Å²) in [6.07, 6.45) is 5.92. The fraction of sp³-hybridized carbons (Fsp3) is 0.541. The van der Waals surface area contributed by atoms with Gasteiger partial charge in [-0.1, -0.05) is 49.7 Å². The number of pyridine rings is 1. The Labute approximate surface area is 272 Å². The summed E-state index contributed by atoms with van der Waals surface area (Å²) in [6.45, 7) is 5.12. The topological polar surface area (TPSA) is 112 Å². The van der Waals surface area contributed by atoms with Crippen molar-refractivity contribution in [1.29, 1.82) is 5.26 Å². The lowest BCUT2D eigenvalue weighted by molar-refractivity contribution is -0.922. The zero-order chi connectivity index (χ0) is 33.0. The summed E-state index contributed by atoms with van der Waals surface area (Å²) < 4.78 is 21.3. The fourth-order valence-corrected chi connectivity index (χ4v) is 7.78. The van der Waals surface area contributed by atoms with Crippen LogP contribution in [-0.2, 0) is 16.6 Å². The van der Waals surface area contributed by atoms with Crippen LogP contribution in [-0.4, -0.2) is 83.9 Å². The number of unbranched alkanes of at least 4 members (excludes halogenated alkanes) is 1. The maximum absolute atomic E-state index is 14.6. The van der Waals surface area contributed by atoms with Gasteiger partial charge in [0, 0.05) is 29.6 Å². The summed E-state index contributed by atoms with van der Waals surface area (Å²) in [5.41, 5.74) is 4.92. The van der Waals surface area contributed by atoms with E-state index in [4.69, 9.17) is 15.5 Å². The zero-order valence-electron chi connectivity index (χ0n) is 27.6. The predicted molar refractivity (Wildman–Crippen MR) is 177 cm³/mol. The second-order valence-electron chi connectivity index (χ2n) is 14.0. The van der Waals surface area contributed by atoms with Crippen LogP contribution in [0.4, 0.5) is 4.39 Å². The van der Waals surface area contributed by atoms with Crippen LogP contribution in [0.15, 0.2) is 54.6 Å². The van der Waals surface area contributed by atoms with Crippen LogP contribution in [0.1, 0.15) is 63.1 Å². The number of nitrogens with zero attached hydrogens (tertiary/aromatic N) is 4. The Hall–Kier alpha value is -3.58. The number of aromatic nitrogens is 1. The molecule has 1 unspecified atom stereocenters. The Kier molecular flexibility index (Phi) is 10.3. The van der Waals surface area contributed by atoms with Crippen LogP contribution in [0.25, 0.3) is 10.8 Å². The molecule has 8 nitrogen and oxygen atoms in total. The molecule has 1 saturated carbocycles. The van der Waals surface area contributed by atoms with Gasteiger partial charge in [-0.25, -0.2) is 9.37 Å². The van der Waals surface area contributed by atoms with E-state index < -0.39 is 16.9 Å². The first-order chi connectivity index (χ1) is 22.0. The molecule has 2 heterocycles. The van der Waals surface area contributed by atoms with Crippen molar-refractivity contribution in [2.75, 3.05) is 46.9 Å². The molecule has 1 aliphatic heterocycles. The van der Waals surface area contributed by atoms with Gasteiger partial charge in [0.1, 0.15) is 25.0 Å². The zero-order valence-corrected chi connectivity index (χ0v) is 27.6. The number of hydrogen-bond donors (Lipinski definition) is 2. The Morgan fingerprint density at radius 2 is 1.89 bits per heavy atom. The van der Waals surface area contributed by atoms with E-state index in [9.17, 15) is 19.6 Å². The maximum atomic E-state index is 14.6. The average Bonchev–Trinajstić information content (AvgIpc) is 3.04. The van der Waals surface area contributed by atoms with Crippen LogP contribution in [0, 0.1) is 23.1 Å². The van der Waals surface area contributed by atoms with Gasteiger partial charge < -0.3 is 25.0 Å². The van der Waals surface area contributed by atoms with Crippen molar-refractivity contribution in [2.24, 2.45) is 11.7 Å². The molecule has 9 heteroatoms. The molecule has 2 aromatic carbocycles. The van der Waals surface area contributed by atoms with Crippen LogP contribution < -0.4 is 10.5 Å². The number of nitrogens with two attached hydrogens (primary N) is 1. The van der Waals surface area contributed by atoms with Crippen LogP contribution >= 0.6 is 0 Å². The summed E-state index contributed by atoms with van der Waals surface area (Å²) in [5.74, 6) is -0.324. The van der Waals surface area contributed by atoms with Gasteiger partial charge >= 0.3 is 0 Å². The monoisotopic (exact) mass is 630 g/mol. The minimum atomic E-state index is -1.66. The number of carbonyl (C=O) groups excluding carboxylic acids is 1. The molecule has 2 aliphatic rings. The van der Waals surface area contributed by atoms with Crippen molar-refractivity contribution in [3.63, 3.8) is 0 Å². The molecule has 1 saturated heterocycles. The number of likely N-dealkylation sites (N-methyl/N-ethyl adjacent to an activating group) is 1. The Balaban J connectivity index is 1.21. The van der Waals surface area contributed by atoms with E-state index in [1.807, 2.05) is 32.3 Å². The molecule has 5 rings (SSSR count). The summed E-state index contributed by atoms with van der Waals surface area (Å²) >= 11 is 0. The summed E-state index contributed by atoms with van der Waals surface area (Å²) in [4.78, 5) is 20.0. The number of primary amides is 1. The van der Waals surface area contributed by atoms with E-state index in [1.54, 1.807) is 18.2 Å². The van der Waals surface area contributed by atoms with Gasteiger partial charge in [0.2, 0.25) is 5.88 Å². The van der Waals surface area contributed by atoms with Crippen molar-refractivity contribution in [3.05, 3.63) is 71.7 Å². The van der Waals surface area contributed by atoms with Gasteiger partial charge in [-0.3, -0.25) is 4.79 Å². The number of likely N-dealkylation sites (tertiary alicyclic amines) is 1. The number of aliphatic hydroxyl groups is 1. The Morgan fingerprint density at radius 3 is 2.59 bits per heavy atom. The van der Waals surface area contributed by atoms with E-state index in [0.29, 0.717) is 68.0 Å². The fourth-order valence-electron chi connectivity index (χ4n) is 7.78. The molecule has 1 aliphatic carbocycles. The largest absolute Gasteiger partial charge is 0.471 e. The molecule has 3 aromatic rings. The highest BCUT2D eigenvalue weighted by atomic mass is 19.1. The van der Waals surface area contributed by atoms with E-state index in [0.717, 1.165) is 42.1 Å². The number of amides is 1. The van der Waals surface area contributed by atoms with Crippen molar-refractivity contribution in [2.45, 2.75) is 75.3 Å². The number of aryl methyl sites for hydroxylation is 1. The molecule has 1 amide bonds. The van der Waals surface area contributed by atoms with Gasteiger partial charge in [-0.15, -0.1) is 0 Å². The number of quaternary nitrogens is 1. The van der Waals surface area contributed by atoms with E-state index >= 15 is 0 Å². The van der Waals surface area contributed by atoms with Crippen molar-refractivity contribution >= 4 is 16.7 Å². The number of benzene rings is 2. The minimum absolute atomic E-state index is 0.0782. The van der Waals surface area contributed by atoms with Gasteiger partial charge in [-0.05, 0) is 81.1 Å². The number of hydrogen-bond acceptors (Lipinski definition) is 6. The molecule has 2 fully saturated rings. The molecule has 0 spiro atoms.